The number of aryl methyl sites for hydroxylation is 1. The summed E-state index contributed by atoms with van der Waals surface area (Å²) < 4.78 is 6.81. The standard InChI is InChI=1S/C23H18N4O6/c1-13-9-16-17(25-20(22(30)31)21(29)26-16)10-18(13)27-8-7-19(28)14(11-27)12-33-23(32)24-15-5-3-2-4-6-15/h2-11H,12H2,1H3,(H,24,32)(H,26,29)(H,30,31). The number of carbonyl (C=O) groups excluding carboxylic acids is 1. The monoisotopic (exact) mass is 446 g/mol. The largest absolute Gasteiger partial charge is 0.476 e. The number of pyridine rings is 1. The van der Waals surface area contributed by atoms with Gasteiger partial charge in [-0.15, -0.1) is 0 Å². The molecule has 10 nitrogen and oxygen atoms in total. The van der Waals surface area contributed by atoms with Gasteiger partial charge in [-0.1, -0.05) is 18.2 Å². The summed E-state index contributed by atoms with van der Waals surface area (Å²) in [6.07, 6.45) is 2.36. The van der Waals surface area contributed by atoms with E-state index in [2.05, 4.69) is 15.3 Å². The van der Waals surface area contributed by atoms with Crippen LogP contribution >= 0.6 is 0 Å². The van der Waals surface area contributed by atoms with Crippen molar-refractivity contribution in [3.8, 4) is 5.69 Å². The molecule has 2 heterocycles. The zero-order chi connectivity index (χ0) is 23.5. The van der Waals surface area contributed by atoms with Crippen molar-refractivity contribution in [1.82, 2.24) is 14.5 Å². The van der Waals surface area contributed by atoms with Crippen molar-refractivity contribution >= 4 is 28.8 Å². The lowest BCUT2D eigenvalue weighted by molar-refractivity contribution is 0.0688. The van der Waals surface area contributed by atoms with Gasteiger partial charge < -0.3 is 19.4 Å². The highest BCUT2D eigenvalue weighted by Crippen LogP contribution is 2.20. The second-order valence-corrected chi connectivity index (χ2v) is 7.18. The minimum Gasteiger partial charge on any atom is -0.476 e. The number of nitrogens with zero attached hydrogens (tertiary/aromatic N) is 2. The summed E-state index contributed by atoms with van der Waals surface area (Å²) in [5.41, 5.74) is 1.07. The van der Waals surface area contributed by atoms with E-state index in [4.69, 9.17) is 9.84 Å². The quantitative estimate of drug-likeness (QED) is 0.428. The number of carboxylic acids is 1. The molecule has 0 atom stereocenters. The fraction of sp³-hybridized carbons (Fsp3) is 0.0870. The number of aromatic amines is 1. The second-order valence-electron chi connectivity index (χ2n) is 7.18. The van der Waals surface area contributed by atoms with Crippen LogP contribution in [0.15, 0.2) is 70.5 Å². The minimum atomic E-state index is -1.43. The highest BCUT2D eigenvalue weighted by molar-refractivity contribution is 5.88. The first kappa shape index (κ1) is 21.5. The average Bonchev–Trinajstić information content (AvgIpc) is 2.78. The zero-order valence-corrected chi connectivity index (χ0v) is 17.4. The number of para-hydroxylation sites is 1. The highest BCUT2D eigenvalue weighted by Gasteiger charge is 2.14. The van der Waals surface area contributed by atoms with Crippen molar-refractivity contribution in [1.29, 1.82) is 0 Å². The van der Waals surface area contributed by atoms with Crippen LogP contribution in [-0.4, -0.2) is 31.7 Å². The fourth-order valence-corrected chi connectivity index (χ4v) is 3.26. The molecule has 166 valence electrons. The Labute approximate surface area is 186 Å². The molecule has 0 fully saturated rings. The Bertz CT molecular complexity index is 1490. The first-order chi connectivity index (χ1) is 15.8. The predicted octanol–water partition coefficient (Wildman–Crippen LogP) is 2.83. The maximum Gasteiger partial charge on any atom is 0.411 e. The summed E-state index contributed by atoms with van der Waals surface area (Å²) in [7, 11) is 0. The number of nitrogens with one attached hydrogen (secondary N) is 2. The van der Waals surface area contributed by atoms with Gasteiger partial charge in [0.2, 0.25) is 5.69 Å². The van der Waals surface area contributed by atoms with E-state index in [9.17, 15) is 19.2 Å². The van der Waals surface area contributed by atoms with Gasteiger partial charge in [0.15, 0.2) is 5.43 Å². The van der Waals surface area contributed by atoms with E-state index in [0.717, 1.165) is 5.56 Å². The van der Waals surface area contributed by atoms with Crippen molar-refractivity contribution < 1.29 is 19.4 Å². The van der Waals surface area contributed by atoms with Crippen LogP contribution in [-0.2, 0) is 11.3 Å². The Morgan fingerprint density at radius 2 is 1.91 bits per heavy atom. The molecule has 0 unspecified atom stereocenters. The number of anilines is 1. The fourth-order valence-electron chi connectivity index (χ4n) is 3.26. The lowest BCUT2D eigenvalue weighted by atomic mass is 10.1. The van der Waals surface area contributed by atoms with Gasteiger partial charge in [-0.3, -0.25) is 14.9 Å². The molecule has 0 aliphatic carbocycles. The SMILES string of the molecule is Cc1cc2[nH]c(=O)c(C(=O)O)nc2cc1-n1ccc(=O)c(COC(=O)Nc2ccccc2)c1. The van der Waals surface area contributed by atoms with Crippen LogP contribution in [0.5, 0.6) is 0 Å². The van der Waals surface area contributed by atoms with Crippen LogP contribution in [0.1, 0.15) is 21.6 Å². The maximum absolute atomic E-state index is 12.3. The number of aromatic carboxylic acids is 1. The van der Waals surface area contributed by atoms with E-state index in [1.54, 1.807) is 47.9 Å². The summed E-state index contributed by atoms with van der Waals surface area (Å²) in [4.78, 5) is 53.9. The van der Waals surface area contributed by atoms with E-state index in [0.29, 0.717) is 16.9 Å². The molecule has 2 aromatic carbocycles. The van der Waals surface area contributed by atoms with Crippen molar-refractivity contribution in [3.05, 3.63) is 98.3 Å². The van der Waals surface area contributed by atoms with Gasteiger partial charge in [0.25, 0.3) is 5.56 Å². The summed E-state index contributed by atoms with van der Waals surface area (Å²) in [6, 6.07) is 13.3. The molecule has 33 heavy (non-hydrogen) atoms. The topological polar surface area (TPSA) is 143 Å². The van der Waals surface area contributed by atoms with Crippen molar-refractivity contribution in [2.45, 2.75) is 13.5 Å². The van der Waals surface area contributed by atoms with E-state index in [1.165, 1.54) is 18.5 Å². The van der Waals surface area contributed by atoms with Gasteiger partial charge in [0.1, 0.15) is 6.61 Å². The van der Waals surface area contributed by atoms with Gasteiger partial charge in [-0.2, -0.15) is 0 Å². The summed E-state index contributed by atoms with van der Waals surface area (Å²) in [5, 5.41) is 11.7. The summed E-state index contributed by atoms with van der Waals surface area (Å²) in [5.74, 6) is -1.43. The number of hydrogen-bond donors (Lipinski definition) is 3. The number of ether oxygens (including phenoxy) is 1. The Balaban J connectivity index is 1.62. The number of H-pyrrole nitrogens is 1. The first-order valence-corrected chi connectivity index (χ1v) is 9.80. The molecule has 10 heteroatoms. The minimum absolute atomic E-state index is 0.237. The third-order valence-electron chi connectivity index (χ3n) is 4.87. The highest BCUT2D eigenvalue weighted by atomic mass is 16.5. The van der Waals surface area contributed by atoms with Crippen LogP contribution in [0.4, 0.5) is 10.5 Å². The number of benzene rings is 2. The molecule has 4 rings (SSSR count). The van der Waals surface area contributed by atoms with Gasteiger partial charge in [-0.25, -0.2) is 14.6 Å². The van der Waals surface area contributed by atoms with E-state index >= 15 is 0 Å². The maximum atomic E-state index is 12.3. The third-order valence-corrected chi connectivity index (χ3v) is 4.87. The number of hydrogen-bond acceptors (Lipinski definition) is 6. The summed E-state index contributed by atoms with van der Waals surface area (Å²) >= 11 is 0. The summed E-state index contributed by atoms with van der Waals surface area (Å²) in [6.45, 7) is 1.54. The lowest BCUT2D eigenvalue weighted by Gasteiger charge is -2.13. The van der Waals surface area contributed by atoms with Crippen LogP contribution < -0.4 is 16.3 Å². The lowest BCUT2D eigenvalue weighted by Crippen LogP contribution is -2.20. The van der Waals surface area contributed by atoms with Crippen molar-refractivity contribution in [2.75, 3.05) is 5.32 Å². The molecule has 0 spiro atoms. The number of carbonyl (C=O) groups is 2. The average molecular weight is 446 g/mol. The van der Waals surface area contributed by atoms with E-state index in [1.807, 2.05) is 6.07 Å². The molecule has 0 aliphatic rings. The molecule has 2 aromatic heterocycles. The molecule has 3 N–H and O–H groups in total. The zero-order valence-electron chi connectivity index (χ0n) is 17.4. The predicted molar refractivity (Wildman–Crippen MR) is 120 cm³/mol. The Morgan fingerprint density at radius 3 is 2.64 bits per heavy atom. The van der Waals surface area contributed by atoms with Crippen LogP contribution in [0.25, 0.3) is 16.7 Å². The third kappa shape index (κ3) is 4.64. The number of carboxylic acid groups (broad SMARTS) is 1. The molecule has 4 aromatic rings. The van der Waals surface area contributed by atoms with Crippen molar-refractivity contribution in [3.63, 3.8) is 0 Å². The number of amides is 1. The molecule has 1 amide bonds. The smallest absolute Gasteiger partial charge is 0.411 e. The molecule has 0 saturated carbocycles. The number of rotatable bonds is 5. The van der Waals surface area contributed by atoms with Crippen LogP contribution in [0.2, 0.25) is 0 Å². The number of fused-ring (bicyclic) bond motifs is 1. The van der Waals surface area contributed by atoms with E-state index in [-0.39, 0.29) is 23.1 Å². The molecular formula is C23H18N4O6. The Morgan fingerprint density at radius 1 is 1.15 bits per heavy atom. The van der Waals surface area contributed by atoms with Gasteiger partial charge in [-0.05, 0) is 36.8 Å². The Hall–Kier alpha value is -4.73. The van der Waals surface area contributed by atoms with Crippen molar-refractivity contribution in [2.24, 2.45) is 0 Å². The normalized spacial score (nSPS) is 10.7. The molecular weight excluding hydrogens is 428 g/mol. The van der Waals surface area contributed by atoms with Gasteiger partial charge >= 0.3 is 12.1 Å². The Kier molecular flexibility index (Phi) is 5.73. The van der Waals surface area contributed by atoms with Crippen LogP contribution in [0.3, 0.4) is 0 Å². The molecule has 0 bridgehead atoms. The molecule has 0 saturated heterocycles. The first-order valence-electron chi connectivity index (χ1n) is 9.80. The van der Waals surface area contributed by atoms with E-state index < -0.39 is 23.3 Å². The van der Waals surface area contributed by atoms with Gasteiger partial charge in [0, 0.05) is 24.1 Å². The molecule has 0 radical (unpaired) electrons. The number of aromatic nitrogens is 3. The van der Waals surface area contributed by atoms with Gasteiger partial charge in [0.05, 0.1) is 22.3 Å². The second kappa shape index (κ2) is 8.79. The molecule has 0 aliphatic heterocycles. The van der Waals surface area contributed by atoms with Crippen LogP contribution in [0, 0.1) is 6.92 Å².